The number of carbonyl (C=O) groups excluding carboxylic acids is 1. The molecule has 0 saturated heterocycles. The number of hydrogen-bond donors (Lipinski definition) is 2. The number of carbonyl (C=O) groups is 2. The largest absolute Gasteiger partial charge is 0.480 e. The smallest absolute Gasteiger partial charge is 0.349 e. The molecule has 0 aliphatic heterocycles. The monoisotopic (exact) mass is 357 g/mol. The first-order valence-electron chi connectivity index (χ1n) is 7.47. The molecular formula is C17H15N3O4S. The molecular weight excluding hydrogens is 342 g/mol. The van der Waals surface area contributed by atoms with Crippen molar-refractivity contribution >= 4 is 39.3 Å². The number of aryl methyl sites for hydroxylation is 1. The van der Waals surface area contributed by atoms with Gasteiger partial charge in [0.1, 0.15) is 35.0 Å². The standard InChI is InChI=1S/C17H15N3O4S/c1-10-13-15(18-7-12(21)22)19-9-20-16(13)25-14(10)17(23)24-8-11-5-3-2-4-6-11/h2-6,9H,7-8H2,1H3,(H,21,22)(H,18,19,20). The van der Waals surface area contributed by atoms with E-state index >= 15 is 0 Å². The molecule has 128 valence electrons. The van der Waals surface area contributed by atoms with Crippen LogP contribution in [0.1, 0.15) is 20.8 Å². The van der Waals surface area contributed by atoms with Gasteiger partial charge in [0, 0.05) is 0 Å². The van der Waals surface area contributed by atoms with E-state index in [1.165, 1.54) is 17.7 Å². The second kappa shape index (κ2) is 7.27. The number of ether oxygens (including phenoxy) is 1. The lowest BCUT2D eigenvalue weighted by Crippen LogP contribution is -2.13. The van der Waals surface area contributed by atoms with Gasteiger partial charge >= 0.3 is 11.9 Å². The quantitative estimate of drug-likeness (QED) is 0.654. The second-order valence-electron chi connectivity index (χ2n) is 5.27. The summed E-state index contributed by atoms with van der Waals surface area (Å²) in [7, 11) is 0. The number of aromatic nitrogens is 2. The summed E-state index contributed by atoms with van der Waals surface area (Å²) < 4.78 is 5.37. The topological polar surface area (TPSA) is 101 Å². The lowest BCUT2D eigenvalue weighted by Gasteiger charge is -2.05. The summed E-state index contributed by atoms with van der Waals surface area (Å²) in [5.41, 5.74) is 1.57. The number of aliphatic carboxylic acids is 1. The molecule has 0 aliphatic rings. The van der Waals surface area contributed by atoms with Crippen molar-refractivity contribution in [1.82, 2.24) is 9.97 Å². The first-order chi connectivity index (χ1) is 12.1. The average Bonchev–Trinajstić information content (AvgIpc) is 2.96. The van der Waals surface area contributed by atoms with Crippen LogP contribution in [0, 0.1) is 6.92 Å². The summed E-state index contributed by atoms with van der Waals surface area (Å²) in [6, 6.07) is 9.41. The van der Waals surface area contributed by atoms with Crippen LogP contribution in [0.5, 0.6) is 0 Å². The lowest BCUT2D eigenvalue weighted by molar-refractivity contribution is -0.134. The molecule has 8 heteroatoms. The number of hydrogen-bond acceptors (Lipinski definition) is 7. The van der Waals surface area contributed by atoms with Crippen molar-refractivity contribution < 1.29 is 19.4 Å². The third kappa shape index (κ3) is 3.74. The Balaban J connectivity index is 1.84. The highest BCUT2D eigenvalue weighted by molar-refractivity contribution is 7.20. The molecule has 0 fully saturated rings. The van der Waals surface area contributed by atoms with E-state index in [9.17, 15) is 9.59 Å². The number of rotatable bonds is 6. The minimum atomic E-state index is -0.998. The fraction of sp³-hybridized carbons (Fsp3) is 0.176. The van der Waals surface area contributed by atoms with Gasteiger partial charge < -0.3 is 15.2 Å². The van der Waals surface area contributed by atoms with Gasteiger partial charge in [-0.25, -0.2) is 14.8 Å². The van der Waals surface area contributed by atoms with Crippen molar-refractivity contribution in [3.05, 3.63) is 52.7 Å². The van der Waals surface area contributed by atoms with Crippen LogP contribution in [0.3, 0.4) is 0 Å². The molecule has 7 nitrogen and oxygen atoms in total. The second-order valence-corrected chi connectivity index (χ2v) is 6.27. The number of carboxylic acid groups (broad SMARTS) is 1. The third-order valence-corrected chi connectivity index (χ3v) is 4.71. The maximum absolute atomic E-state index is 12.4. The Morgan fingerprint density at radius 3 is 2.72 bits per heavy atom. The van der Waals surface area contributed by atoms with Gasteiger partial charge in [-0.05, 0) is 18.1 Å². The van der Waals surface area contributed by atoms with E-state index in [0.29, 0.717) is 26.5 Å². The Morgan fingerprint density at radius 2 is 2.00 bits per heavy atom. The molecule has 0 atom stereocenters. The first-order valence-corrected chi connectivity index (χ1v) is 8.28. The molecule has 3 aromatic rings. The van der Waals surface area contributed by atoms with Gasteiger partial charge in [0.25, 0.3) is 0 Å². The molecule has 2 heterocycles. The average molecular weight is 357 g/mol. The van der Waals surface area contributed by atoms with Crippen LogP contribution in [-0.2, 0) is 16.1 Å². The number of nitrogens with one attached hydrogen (secondary N) is 1. The Labute approximate surface area is 147 Å². The van der Waals surface area contributed by atoms with E-state index in [-0.39, 0.29) is 13.2 Å². The van der Waals surface area contributed by atoms with E-state index in [4.69, 9.17) is 9.84 Å². The van der Waals surface area contributed by atoms with Gasteiger partial charge in [0.05, 0.1) is 5.39 Å². The van der Waals surface area contributed by atoms with E-state index in [1.54, 1.807) is 6.92 Å². The first kappa shape index (κ1) is 16.8. The third-order valence-electron chi connectivity index (χ3n) is 3.53. The predicted octanol–water partition coefficient (Wildman–Crippen LogP) is 2.85. The molecule has 2 N–H and O–H groups in total. The molecule has 0 unspecified atom stereocenters. The predicted molar refractivity (Wildman–Crippen MR) is 93.8 cm³/mol. The molecule has 0 saturated carbocycles. The zero-order chi connectivity index (χ0) is 17.8. The summed E-state index contributed by atoms with van der Waals surface area (Å²) in [5, 5.41) is 12.2. The van der Waals surface area contributed by atoms with E-state index in [1.807, 2.05) is 30.3 Å². The van der Waals surface area contributed by atoms with Gasteiger partial charge in [-0.3, -0.25) is 4.79 Å². The summed E-state index contributed by atoms with van der Waals surface area (Å²) in [4.78, 5) is 32.4. The highest BCUT2D eigenvalue weighted by Crippen LogP contribution is 2.33. The number of fused-ring (bicyclic) bond motifs is 1. The molecule has 0 bridgehead atoms. The molecule has 0 aliphatic carbocycles. The van der Waals surface area contributed by atoms with Crippen molar-refractivity contribution in [3.8, 4) is 0 Å². The van der Waals surface area contributed by atoms with Crippen LogP contribution in [0.4, 0.5) is 5.82 Å². The van der Waals surface area contributed by atoms with E-state index in [2.05, 4.69) is 15.3 Å². The number of anilines is 1. The Bertz CT molecular complexity index is 924. The zero-order valence-corrected chi connectivity index (χ0v) is 14.2. The van der Waals surface area contributed by atoms with Gasteiger partial charge in [0.15, 0.2) is 0 Å². The van der Waals surface area contributed by atoms with Crippen LogP contribution in [0.15, 0.2) is 36.7 Å². The molecule has 0 spiro atoms. The molecule has 3 rings (SSSR count). The van der Waals surface area contributed by atoms with Gasteiger partial charge in [-0.15, -0.1) is 11.3 Å². The van der Waals surface area contributed by atoms with E-state index < -0.39 is 11.9 Å². The van der Waals surface area contributed by atoms with Crippen molar-refractivity contribution in [2.45, 2.75) is 13.5 Å². The van der Waals surface area contributed by atoms with Crippen molar-refractivity contribution in [2.24, 2.45) is 0 Å². The molecule has 25 heavy (non-hydrogen) atoms. The van der Waals surface area contributed by atoms with Crippen molar-refractivity contribution in [3.63, 3.8) is 0 Å². The van der Waals surface area contributed by atoms with Gasteiger partial charge in [0.2, 0.25) is 0 Å². The lowest BCUT2D eigenvalue weighted by atomic mass is 10.2. The minimum Gasteiger partial charge on any atom is -0.480 e. The van der Waals surface area contributed by atoms with Crippen molar-refractivity contribution in [1.29, 1.82) is 0 Å². The summed E-state index contributed by atoms with van der Waals surface area (Å²) in [5.74, 6) is -1.04. The zero-order valence-electron chi connectivity index (χ0n) is 13.4. The maximum Gasteiger partial charge on any atom is 0.349 e. The Morgan fingerprint density at radius 1 is 1.24 bits per heavy atom. The van der Waals surface area contributed by atoms with Crippen LogP contribution >= 0.6 is 11.3 Å². The fourth-order valence-electron chi connectivity index (χ4n) is 2.35. The van der Waals surface area contributed by atoms with Gasteiger partial charge in [-0.2, -0.15) is 0 Å². The number of nitrogens with zero attached hydrogens (tertiary/aromatic N) is 2. The van der Waals surface area contributed by atoms with Crippen LogP contribution in [0.2, 0.25) is 0 Å². The minimum absolute atomic E-state index is 0.184. The Hall–Kier alpha value is -3.00. The van der Waals surface area contributed by atoms with Crippen LogP contribution in [-0.4, -0.2) is 33.6 Å². The molecule has 2 aromatic heterocycles. The van der Waals surface area contributed by atoms with Crippen LogP contribution < -0.4 is 5.32 Å². The van der Waals surface area contributed by atoms with Crippen LogP contribution in [0.25, 0.3) is 10.2 Å². The van der Waals surface area contributed by atoms with Crippen molar-refractivity contribution in [2.75, 3.05) is 11.9 Å². The van der Waals surface area contributed by atoms with E-state index in [0.717, 1.165) is 5.56 Å². The summed E-state index contributed by atoms with van der Waals surface area (Å²) in [6.45, 7) is 1.69. The fourth-order valence-corrected chi connectivity index (χ4v) is 3.39. The maximum atomic E-state index is 12.4. The Kier molecular flexibility index (Phi) is 4.90. The number of esters is 1. The molecule has 0 radical (unpaired) electrons. The number of carboxylic acids is 1. The summed E-state index contributed by atoms with van der Waals surface area (Å²) in [6.07, 6.45) is 1.33. The SMILES string of the molecule is Cc1c(C(=O)OCc2ccccc2)sc2ncnc(NCC(=O)O)c12. The highest BCUT2D eigenvalue weighted by Gasteiger charge is 2.20. The highest BCUT2D eigenvalue weighted by atomic mass is 32.1. The normalized spacial score (nSPS) is 10.6. The molecule has 1 aromatic carbocycles. The van der Waals surface area contributed by atoms with Gasteiger partial charge in [-0.1, -0.05) is 30.3 Å². The number of thiophene rings is 1. The summed E-state index contributed by atoms with van der Waals surface area (Å²) >= 11 is 1.20. The molecule has 0 amide bonds. The number of benzene rings is 1.